The number of hydrogen-bond donors (Lipinski definition) is 3. The van der Waals surface area contributed by atoms with Crippen LogP contribution >= 0.6 is 0 Å². The van der Waals surface area contributed by atoms with Gasteiger partial charge in [0.1, 0.15) is 23.4 Å². The Morgan fingerprint density at radius 1 is 0.900 bits per heavy atom. The van der Waals surface area contributed by atoms with Crippen molar-refractivity contribution in [1.29, 1.82) is 0 Å². The first-order chi connectivity index (χ1) is 18.9. The highest BCUT2D eigenvalue weighted by atomic mass is 16.6. The van der Waals surface area contributed by atoms with Crippen molar-refractivity contribution in [3.63, 3.8) is 0 Å². The quantitative estimate of drug-likeness (QED) is 0.253. The van der Waals surface area contributed by atoms with Crippen molar-refractivity contribution in [3.8, 4) is 5.75 Å². The summed E-state index contributed by atoms with van der Waals surface area (Å²) in [6.07, 6.45) is 4.38. The molecule has 0 saturated carbocycles. The second-order valence-corrected chi connectivity index (χ2v) is 11.5. The first-order valence-corrected chi connectivity index (χ1v) is 14.3. The van der Waals surface area contributed by atoms with Crippen LogP contribution in [0.25, 0.3) is 0 Å². The summed E-state index contributed by atoms with van der Waals surface area (Å²) >= 11 is 0. The van der Waals surface area contributed by atoms with E-state index in [-0.39, 0.29) is 30.0 Å². The summed E-state index contributed by atoms with van der Waals surface area (Å²) in [6, 6.07) is 13.7. The molecule has 2 rings (SSSR count). The molecule has 0 saturated heterocycles. The van der Waals surface area contributed by atoms with Crippen molar-refractivity contribution < 1.29 is 24.2 Å². The Kier molecular flexibility index (Phi) is 13.0. The molecular weight excluding hydrogens is 506 g/mol. The SMILES string of the molecule is CCCCCCCN(C(=O)C(Cc1ccccc1)NC(=O)OC(C)(C)C)C(C(=O)NC(C)C)c1ccc(O)cc1. The number of nitrogens with zero attached hydrogens (tertiary/aromatic N) is 1. The van der Waals surface area contributed by atoms with Gasteiger partial charge in [-0.05, 0) is 64.3 Å². The molecule has 0 spiro atoms. The molecule has 2 atom stereocenters. The Morgan fingerprint density at radius 2 is 1.52 bits per heavy atom. The third-order valence-electron chi connectivity index (χ3n) is 6.26. The van der Waals surface area contributed by atoms with Crippen molar-refractivity contribution >= 4 is 17.9 Å². The second-order valence-electron chi connectivity index (χ2n) is 11.5. The Hall–Kier alpha value is -3.55. The molecule has 40 heavy (non-hydrogen) atoms. The number of nitrogens with one attached hydrogen (secondary N) is 2. The summed E-state index contributed by atoms with van der Waals surface area (Å²) in [6.45, 7) is 11.5. The third-order valence-corrected chi connectivity index (χ3v) is 6.26. The van der Waals surface area contributed by atoms with Crippen LogP contribution in [0.2, 0.25) is 0 Å². The van der Waals surface area contributed by atoms with Gasteiger partial charge >= 0.3 is 6.09 Å². The van der Waals surface area contributed by atoms with Crippen LogP contribution in [0.3, 0.4) is 0 Å². The van der Waals surface area contributed by atoms with Gasteiger partial charge in [-0.1, -0.05) is 75.1 Å². The number of carbonyl (C=O) groups is 3. The fourth-order valence-electron chi connectivity index (χ4n) is 4.45. The average molecular weight is 554 g/mol. The van der Waals surface area contributed by atoms with Gasteiger partial charge in [-0.15, -0.1) is 0 Å². The summed E-state index contributed by atoms with van der Waals surface area (Å²) in [5, 5.41) is 15.6. The highest BCUT2D eigenvalue weighted by Crippen LogP contribution is 2.26. The molecule has 0 aliphatic heterocycles. The van der Waals surface area contributed by atoms with E-state index in [9.17, 15) is 19.5 Å². The van der Waals surface area contributed by atoms with Gasteiger partial charge in [0.2, 0.25) is 11.8 Å². The lowest BCUT2D eigenvalue weighted by Crippen LogP contribution is -2.54. The highest BCUT2D eigenvalue weighted by Gasteiger charge is 2.36. The van der Waals surface area contributed by atoms with Crippen molar-refractivity contribution in [2.24, 2.45) is 0 Å². The van der Waals surface area contributed by atoms with Crippen LogP contribution in [-0.2, 0) is 20.7 Å². The first-order valence-electron chi connectivity index (χ1n) is 14.3. The third kappa shape index (κ3) is 11.3. The van der Waals surface area contributed by atoms with E-state index >= 15 is 0 Å². The highest BCUT2D eigenvalue weighted by molar-refractivity contribution is 5.92. The van der Waals surface area contributed by atoms with Crippen LogP contribution in [-0.4, -0.2) is 52.1 Å². The number of phenols is 1. The molecule has 220 valence electrons. The zero-order chi connectivity index (χ0) is 29.7. The van der Waals surface area contributed by atoms with Gasteiger partial charge in [-0.2, -0.15) is 0 Å². The summed E-state index contributed by atoms with van der Waals surface area (Å²) < 4.78 is 5.49. The van der Waals surface area contributed by atoms with E-state index in [1.54, 1.807) is 37.8 Å². The molecule has 0 bridgehead atoms. The number of aromatic hydroxyl groups is 1. The summed E-state index contributed by atoms with van der Waals surface area (Å²) in [5.41, 5.74) is 0.705. The molecule has 8 nitrogen and oxygen atoms in total. The van der Waals surface area contributed by atoms with E-state index in [1.165, 1.54) is 12.1 Å². The zero-order valence-corrected chi connectivity index (χ0v) is 24.9. The van der Waals surface area contributed by atoms with E-state index in [0.717, 1.165) is 31.2 Å². The molecule has 0 heterocycles. The summed E-state index contributed by atoms with van der Waals surface area (Å²) in [4.78, 5) is 42.4. The van der Waals surface area contributed by atoms with Gasteiger partial charge in [0.05, 0.1) is 0 Å². The smallest absolute Gasteiger partial charge is 0.408 e. The van der Waals surface area contributed by atoms with E-state index in [1.807, 2.05) is 44.2 Å². The molecular formula is C32H47N3O5. The van der Waals surface area contributed by atoms with E-state index in [2.05, 4.69) is 17.6 Å². The Bertz CT molecular complexity index is 1060. The normalized spacial score (nSPS) is 12.9. The minimum absolute atomic E-state index is 0.0674. The molecule has 0 aliphatic carbocycles. The van der Waals surface area contributed by atoms with Gasteiger partial charge in [0.25, 0.3) is 0 Å². The molecule has 0 aromatic heterocycles. The number of unbranched alkanes of at least 4 members (excludes halogenated alkanes) is 4. The van der Waals surface area contributed by atoms with Gasteiger partial charge in [-0.3, -0.25) is 9.59 Å². The van der Waals surface area contributed by atoms with Crippen molar-refractivity contribution in [1.82, 2.24) is 15.5 Å². The van der Waals surface area contributed by atoms with Gasteiger partial charge in [0, 0.05) is 19.0 Å². The van der Waals surface area contributed by atoms with Crippen LogP contribution in [0.15, 0.2) is 54.6 Å². The lowest BCUT2D eigenvalue weighted by Gasteiger charge is -2.35. The minimum atomic E-state index is -0.959. The fraction of sp³-hybridized carbons (Fsp3) is 0.531. The molecule has 0 aliphatic rings. The monoisotopic (exact) mass is 553 g/mol. The number of amides is 3. The Balaban J connectivity index is 2.51. The summed E-state index contributed by atoms with van der Waals surface area (Å²) in [5.74, 6) is -0.627. The predicted octanol–water partition coefficient (Wildman–Crippen LogP) is 5.89. The van der Waals surface area contributed by atoms with Crippen LogP contribution in [0.4, 0.5) is 4.79 Å². The molecule has 2 aromatic rings. The van der Waals surface area contributed by atoms with Crippen LogP contribution < -0.4 is 10.6 Å². The van der Waals surface area contributed by atoms with E-state index in [0.29, 0.717) is 18.5 Å². The largest absolute Gasteiger partial charge is 0.508 e. The number of alkyl carbamates (subject to hydrolysis) is 1. The molecule has 3 amide bonds. The van der Waals surface area contributed by atoms with Gasteiger partial charge in [-0.25, -0.2) is 4.79 Å². The minimum Gasteiger partial charge on any atom is -0.508 e. The van der Waals surface area contributed by atoms with E-state index in [4.69, 9.17) is 4.74 Å². The number of carbonyl (C=O) groups excluding carboxylic acids is 3. The number of benzene rings is 2. The zero-order valence-electron chi connectivity index (χ0n) is 24.9. The van der Waals surface area contributed by atoms with Crippen molar-refractivity contribution in [2.75, 3.05) is 6.54 Å². The molecule has 3 N–H and O–H groups in total. The average Bonchev–Trinajstić information content (AvgIpc) is 2.87. The lowest BCUT2D eigenvalue weighted by atomic mass is 9.99. The fourth-order valence-corrected chi connectivity index (χ4v) is 4.45. The lowest BCUT2D eigenvalue weighted by molar-refractivity contribution is -0.142. The summed E-state index contributed by atoms with van der Waals surface area (Å²) in [7, 11) is 0. The maximum atomic E-state index is 14.4. The number of ether oxygens (including phenoxy) is 1. The van der Waals surface area contributed by atoms with Crippen LogP contribution in [0.1, 0.15) is 90.8 Å². The van der Waals surface area contributed by atoms with Crippen LogP contribution in [0.5, 0.6) is 5.75 Å². The maximum absolute atomic E-state index is 14.4. The van der Waals surface area contributed by atoms with Crippen LogP contribution in [0, 0.1) is 0 Å². The molecule has 0 fully saturated rings. The Labute approximate surface area is 239 Å². The van der Waals surface area contributed by atoms with Crippen molar-refractivity contribution in [3.05, 3.63) is 65.7 Å². The maximum Gasteiger partial charge on any atom is 0.408 e. The predicted molar refractivity (Wildman–Crippen MR) is 158 cm³/mol. The molecule has 8 heteroatoms. The number of phenolic OH excluding ortho intramolecular Hbond substituents is 1. The van der Waals surface area contributed by atoms with Crippen molar-refractivity contribution in [2.45, 2.75) is 104 Å². The topological polar surface area (TPSA) is 108 Å². The number of hydrogen-bond acceptors (Lipinski definition) is 5. The Morgan fingerprint density at radius 3 is 2.10 bits per heavy atom. The van der Waals surface area contributed by atoms with Gasteiger partial charge < -0.3 is 25.4 Å². The molecule has 2 unspecified atom stereocenters. The number of rotatable bonds is 14. The first kappa shape index (κ1) is 32.7. The van der Waals surface area contributed by atoms with Gasteiger partial charge in [0.15, 0.2) is 0 Å². The molecule has 2 aromatic carbocycles. The molecule has 0 radical (unpaired) electrons. The van der Waals surface area contributed by atoms with E-state index < -0.39 is 23.8 Å². The second kappa shape index (κ2) is 15.9. The standard InChI is InChI=1S/C32H47N3O5/c1-7-8-9-10-14-21-35(28(29(37)33-23(2)3)25-17-19-26(36)20-18-25)30(38)27(22-24-15-12-11-13-16-24)34-31(39)40-32(4,5)6/h11-13,15-20,23,27-28,36H,7-10,14,21-22H2,1-6H3,(H,33,37)(H,34,39).